The van der Waals surface area contributed by atoms with Gasteiger partial charge >= 0.3 is 5.97 Å². The van der Waals surface area contributed by atoms with E-state index in [1.54, 1.807) is 6.92 Å². The highest BCUT2D eigenvalue weighted by atomic mass is 19.1. The number of hydrogen-bond donors (Lipinski definition) is 0. The van der Waals surface area contributed by atoms with Crippen molar-refractivity contribution in [2.45, 2.75) is 13.0 Å². The number of nitroso groups, excluding NO2 is 1. The summed E-state index contributed by atoms with van der Waals surface area (Å²) in [5.74, 6) is -1.16. The molecule has 0 spiro atoms. The second kappa shape index (κ2) is 5.19. The molecule has 0 heterocycles. The van der Waals surface area contributed by atoms with Gasteiger partial charge in [-0.2, -0.15) is 0 Å². The highest BCUT2D eigenvalue weighted by Gasteiger charge is 2.22. The number of ether oxygens (including phenoxy) is 1. The molecular weight excluding hydrogens is 201 g/mol. The lowest BCUT2D eigenvalue weighted by molar-refractivity contribution is -0.144. The van der Waals surface area contributed by atoms with Gasteiger partial charge in [0.25, 0.3) is 0 Å². The molecule has 0 saturated heterocycles. The van der Waals surface area contributed by atoms with Crippen molar-refractivity contribution in [3.8, 4) is 0 Å². The van der Waals surface area contributed by atoms with E-state index in [9.17, 15) is 14.1 Å². The van der Waals surface area contributed by atoms with Crippen LogP contribution in [0.25, 0.3) is 0 Å². The van der Waals surface area contributed by atoms with Crippen LogP contribution in [0.15, 0.2) is 29.4 Å². The molecule has 0 aliphatic rings. The Morgan fingerprint density at radius 1 is 1.47 bits per heavy atom. The lowest BCUT2D eigenvalue weighted by atomic mass is 10.1. The van der Waals surface area contributed by atoms with Crippen molar-refractivity contribution >= 4 is 5.97 Å². The summed E-state index contributed by atoms with van der Waals surface area (Å²) in [6.45, 7) is 1.80. The lowest BCUT2D eigenvalue weighted by Crippen LogP contribution is -2.13. The van der Waals surface area contributed by atoms with E-state index in [1.165, 1.54) is 12.1 Å². The fourth-order valence-electron chi connectivity index (χ4n) is 1.11. The van der Waals surface area contributed by atoms with Gasteiger partial charge in [-0.15, -0.1) is 4.91 Å². The zero-order valence-electron chi connectivity index (χ0n) is 8.14. The molecular formula is C10H10FNO3. The fraction of sp³-hybridized carbons (Fsp3) is 0.300. The Bertz CT molecular complexity index is 350. The smallest absolute Gasteiger partial charge is 0.339 e. The fourth-order valence-corrected chi connectivity index (χ4v) is 1.11. The van der Waals surface area contributed by atoms with Crippen molar-refractivity contribution in [3.63, 3.8) is 0 Å². The molecule has 15 heavy (non-hydrogen) atoms. The van der Waals surface area contributed by atoms with Gasteiger partial charge in [-0.3, -0.25) is 0 Å². The standard InChI is InChI=1S/C10H10FNO3/c1-2-15-10(13)9(12-14)7-3-5-8(11)6-4-7/h3-6,9H,2H2,1H3. The van der Waals surface area contributed by atoms with Gasteiger partial charge in [0.2, 0.25) is 6.04 Å². The summed E-state index contributed by atoms with van der Waals surface area (Å²) in [6.07, 6.45) is 0. The van der Waals surface area contributed by atoms with Crippen LogP contribution in [0, 0.1) is 10.7 Å². The van der Waals surface area contributed by atoms with Crippen molar-refractivity contribution in [3.05, 3.63) is 40.6 Å². The third kappa shape index (κ3) is 2.83. The first-order valence-electron chi connectivity index (χ1n) is 4.43. The molecule has 0 N–H and O–H groups in total. The Hall–Kier alpha value is -1.78. The second-order valence-electron chi connectivity index (χ2n) is 2.81. The summed E-state index contributed by atoms with van der Waals surface area (Å²) in [4.78, 5) is 21.7. The summed E-state index contributed by atoms with van der Waals surface area (Å²) in [5.41, 5.74) is 0.324. The molecule has 1 rings (SSSR count). The molecule has 0 aromatic heterocycles. The van der Waals surface area contributed by atoms with Crippen molar-refractivity contribution < 1.29 is 13.9 Å². The minimum absolute atomic E-state index is 0.173. The predicted octanol–water partition coefficient (Wildman–Crippen LogP) is 2.20. The summed E-state index contributed by atoms with van der Waals surface area (Å²) in [7, 11) is 0. The maximum atomic E-state index is 12.6. The number of nitrogens with zero attached hydrogens (tertiary/aromatic N) is 1. The number of carbonyl (C=O) groups excluding carboxylic acids is 1. The maximum Gasteiger partial charge on any atom is 0.339 e. The molecule has 1 unspecified atom stereocenters. The number of benzene rings is 1. The monoisotopic (exact) mass is 211 g/mol. The SMILES string of the molecule is CCOC(=O)C(N=O)c1ccc(F)cc1. The molecule has 5 heteroatoms. The van der Waals surface area contributed by atoms with E-state index >= 15 is 0 Å². The molecule has 0 radical (unpaired) electrons. The topological polar surface area (TPSA) is 55.7 Å². The van der Waals surface area contributed by atoms with Crippen LogP contribution in [-0.4, -0.2) is 12.6 Å². The Kier molecular flexibility index (Phi) is 3.91. The third-order valence-corrected chi connectivity index (χ3v) is 1.80. The Morgan fingerprint density at radius 2 is 2.07 bits per heavy atom. The quantitative estimate of drug-likeness (QED) is 0.566. The molecule has 0 amide bonds. The average Bonchev–Trinajstić information content (AvgIpc) is 2.22. The number of carbonyl (C=O) groups is 1. The molecule has 4 nitrogen and oxygen atoms in total. The second-order valence-corrected chi connectivity index (χ2v) is 2.81. The van der Waals surface area contributed by atoms with Crippen molar-refractivity contribution in [2.75, 3.05) is 6.61 Å². The van der Waals surface area contributed by atoms with Gasteiger partial charge < -0.3 is 4.74 Å². The number of rotatable bonds is 4. The normalized spacial score (nSPS) is 11.9. The molecule has 0 saturated carbocycles. The first kappa shape index (κ1) is 11.3. The minimum Gasteiger partial charge on any atom is -0.464 e. The van der Waals surface area contributed by atoms with E-state index < -0.39 is 17.8 Å². The Labute approximate surface area is 86.0 Å². The van der Waals surface area contributed by atoms with Crippen LogP contribution in [0.4, 0.5) is 4.39 Å². The van der Waals surface area contributed by atoms with Crippen molar-refractivity contribution in [2.24, 2.45) is 5.18 Å². The van der Waals surface area contributed by atoms with Gasteiger partial charge in [0, 0.05) is 0 Å². The zero-order chi connectivity index (χ0) is 11.3. The summed E-state index contributed by atoms with van der Waals surface area (Å²) < 4.78 is 17.2. The molecule has 0 fully saturated rings. The van der Waals surface area contributed by atoms with Gasteiger partial charge in [0.15, 0.2) is 0 Å². The number of hydrogen-bond acceptors (Lipinski definition) is 4. The van der Waals surface area contributed by atoms with Gasteiger partial charge in [-0.1, -0.05) is 12.1 Å². The Balaban J connectivity index is 2.87. The van der Waals surface area contributed by atoms with Crippen molar-refractivity contribution in [1.82, 2.24) is 0 Å². The van der Waals surface area contributed by atoms with Crippen LogP contribution in [0.2, 0.25) is 0 Å². The van der Waals surface area contributed by atoms with Crippen LogP contribution < -0.4 is 0 Å². The molecule has 1 aromatic carbocycles. The molecule has 80 valence electrons. The summed E-state index contributed by atoms with van der Waals surface area (Å²) in [6, 6.07) is 3.77. The van der Waals surface area contributed by atoms with E-state index in [0.29, 0.717) is 5.56 Å². The van der Waals surface area contributed by atoms with E-state index in [2.05, 4.69) is 9.91 Å². The molecule has 1 aromatic rings. The maximum absolute atomic E-state index is 12.6. The zero-order valence-corrected chi connectivity index (χ0v) is 8.14. The highest BCUT2D eigenvalue weighted by molar-refractivity contribution is 5.77. The number of halogens is 1. The van der Waals surface area contributed by atoms with Gasteiger partial charge in [0.05, 0.1) is 6.61 Å². The van der Waals surface area contributed by atoms with Crippen LogP contribution in [0.5, 0.6) is 0 Å². The first-order chi connectivity index (χ1) is 7.19. The molecule has 1 atom stereocenters. The summed E-state index contributed by atoms with van der Waals surface area (Å²) in [5, 5.41) is 2.66. The highest BCUT2D eigenvalue weighted by Crippen LogP contribution is 2.19. The lowest BCUT2D eigenvalue weighted by Gasteiger charge is -2.07. The van der Waals surface area contributed by atoms with Gasteiger partial charge in [-0.05, 0) is 29.8 Å². The van der Waals surface area contributed by atoms with Crippen LogP contribution in [0.3, 0.4) is 0 Å². The Morgan fingerprint density at radius 3 is 2.53 bits per heavy atom. The van der Waals surface area contributed by atoms with E-state index in [1.807, 2.05) is 0 Å². The predicted molar refractivity (Wildman–Crippen MR) is 51.6 cm³/mol. The van der Waals surface area contributed by atoms with Gasteiger partial charge in [-0.25, -0.2) is 9.18 Å². The first-order valence-corrected chi connectivity index (χ1v) is 4.43. The van der Waals surface area contributed by atoms with E-state index in [-0.39, 0.29) is 6.61 Å². The minimum atomic E-state index is -1.22. The molecule has 0 bridgehead atoms. The van der Waals surface area contributed by atoms with Crippen molar-refractivity contribution in [1.29, 1.82) is 0 Å². The van der Waals surface area contributed by atoms with Crippen LogP contribution in [-0.2, 0) is 9.53 Å². The third-order valence-electron chi connectivity index (χ3n) is 1.80. The van der Waals surface area contributed by atoms with Crippen LogP contribution in [0.1, 0.15) is 18.5 Å². The van der Waals surface area contributed by atoms with Crippen LogP contribution >= 0.6 is 0 Å². The largest absolute Gasteiger partial charge is 0.464 e. The number of esters is 1. The van der Waals surface area contributed by atoms with Gasteiger partial charge in [0.1, 0.15) is 5.82 Å². The average molecular weight is 211 g/mol. The van der Waals surface area contributed by atoms with E-state index in [4.69, 9.17) is 0 Å². The summed E-state index contributed by atoms with van der Waals surface area (Å²) >= 11 is 0. The molecule has 0 aliphatic heterocycles. The van der Waals surface area contributed by atoms with E-state index in [0.717, 1.165) is 12.1 Å². The molecule has 0 aliphatic carbocycles.